The zero-order chi connectivity index (χ0) is 24.7. The van der Waals surface area contributed by atoms with E-state index in [0.717, 1.165) is 16.8 Å². The van der Waals surface area contributed by atoms with E-state index in [2.05, 4.69) is 15.4 Å². The predicted octanol–water partition coefficient (Wildman–Crippen LogP) is 4.62. The molecule has 1 aliphatic rings. The zero-order valence-corrected chi connectivity index (χ0v) is 21.0. The van der Waals surface area contributed by atoms with E-state index in [0.29, 0.717) is 40.0 Å². The molecule has 0 bridgehead atoms. The average molecular weight is 534 g/mol. The summed E-state index contributed by atoms with van der Waals surface area (Å²) < 4.78 is 42.7. The number of aromatic nitrogens is 3. The van der Waals surface area contributed by atoms with Gasteiger partial charge in [-0.2, -0.15) is 14.1 Å². The normalized spacial score (nSPS) is 15.5. The number of rotatable bonds is 5. The Morgan fingerprint density at radius 3 is 2.57 bits per heavy atom. The third-order valence-electron chi connectivity index (χ3n) is 5.90. The lowest BCUT2D eigenvalue weighted by Crippen LogP contribution is -2.41. The number of benzene rings is 2. The Labute approximate surface area is 210 Å². The van der Waals surface area contributed by atoms with Gasteiger partial charge in [0.25, 0.3) is 0 Å². The Bertz CT molecular complexity index is 1510. The van der Waals surface area contributed by atoms with Gasteiger partial charge in [0.2, 0.25) is 21.1 Å². The summed E-state index contributed by atoms with van der Waals surface area (Å²) in [4.78, 5) is 17.7. The third-order valence-corrected chi connectivity index (χ3v) is 9.11. The molecular weight excluding hydrogens is 513 g/mol. The molecule has 35 heavy (non-hydrogen) atoms. The van der Waals surface area contributed by atoms with Gasteiger partial charge < -0.3 is 5.32 Å². The summed E-state index contributed by atoms with van der Waals surface area (Å²) in [5, 5.41) is 8.54. The molecule has 1 saturated heterocycles. The van der Waals surface area contributed by atoms with Gasteiger partial charge in [-0.15, -0.1) is 0 Å². The van der Waals surface area contributed by atoms with Crippen LogP contribution in [0.1, 0.15) is 18.5 Å². The molecule has 2 aromatic heterocycles. The molecule has 0 radical (unpaired) electrons. The first-order valence-corrected chi connectivity index (χ1v) is 13.5. The summed E-state index contributed by atoms with van der Waals surface area (Å²) in [7, 11) is -3.74. The molecule has 0 spiro atoms. The Balaban J connectivity index is 1.29. The first kappa shape index (κ1) is 23.9. The van der Waals surface area contributed by atoms with Crippen molar-refractivity contribution in [1.82, 2.24) is 19.1 Å². The number of nitrogens with zero attached hydrogens (tertiary/aromatic N) is 4. The third kappa shape index (κ3) is 4.68. The van der Waals surface area contributed by atoms with E-state index in [1.165, 1.54) is 27.8 Å². The Hall–Kier alpha value is -2.86. The molecular formula is C23H21ClFN5O3S2. The van der Waals surface area contributed by atoms with E-state index in [1.54, 1.807) is 16.8 Å². The molecule has 182 valence electrons. The van der Waals surface area contributed by atoms with Gasteiger partial charge in [0.1, 0.15) is 17.2 Å². The topological polar surface area (TPSA) is 97.2 Å². The fourth-order valence-corrected chi connectivity index (χ4v) is 6.77. The number of halogens is 2. The minimum absolute atomic E-state index is 0.0390. The summed E-state index contributed by atoms with van der Waals surface area (Å²) in [6.45, 7) is 2.23. The van der Waals surface area contributed by atoms with E-state index in [-0.39, 0.29) is 29.8 Å². The standard InChI is InChI=1S/C23H21ClFN5O3S2/c1-14-13-20(30(28-14)23-27-21-18(24)3-2-4-19(21)34-23)26-22(31)15-9-11-29(12-10-15)35(32,33)17-7-5-16(25)6-8-17/h2-8,13,15H,9-12H2,1H3,(H,26,31). The van der Waals surface area contributed by atoms with Crippen molar-refractivity contribution in [1.29, 1.82) is 0 Å². The van der Waals surface area contributed by atoms with Crippen molar-refractivity contribution in [2.24, 2.45) is 5.92 Å². The fraction of sp³-hybridized carbons (Fsp3) is 0.261. The van der Waals surface area contributed by atoms with Crippen molar-refractivity contribution in [2.45, 2.75) is 24.7 Å². The Morgan fingerprint density at radius 2 is 1.89 bits per heavy atom. The summed E-state index contributed by atoms with van der Waals surface area (Å²) in [5.74, 6) is -0.570. The lowest BCUT2D eigenvalue weighted by Gasteiger charge is -2.30. The van der Waals surface area contributed by atoms with Crippen molar-refractivity contribution in [2.75, 3.05) is 18.4 Å². The van der Waals surface area contributed by atoms with E-state index >= 15 is 0 Å². The number of para-hydroxylation sites is 1. The molecule has 2 aromatic carbocycles. The highest BCUT2D eigenvalue weighted by Gasteiger charge is 2.32. The maximum Gasteiger partial charge on any atom is 0.243 e. The number of carbonyl (C=O) groups excluding carboxylic acids is 1. The SMILES string of the molecule is Cc1cc(NC(=O)C2CCN(S(=O)(=O)c3ccc(F)cc3)CC2)n(-c2nc3c(Cl)cccc3s2)n1. The number of carbonyl (C=O) groups is 1. The van der Waals surface area contributed by atoms with Gasteiger partial charge in [-0.25, -0.2) is 17.8 Å². The second kappa shape index (κ2) is 9.30. The van der Waals surface area contributed by atoms with Crippen LogP contribution < -0.4 is 5.32 Å². The maximum absolute atomic E-state index is 13.2. The number of fused-ring (bicyclic) bond motifs is 1. The Kier molecular flexibility index (Phi) is 6.34. The van der Waals surface area contributed by atoms with Gasteiger partial charge in [-0.3, -0.25) is 4.79 Å². The molecule has 0 aliphatic carbocycles. The Morgan fingerprint density at radius 1 is 1.17 bits per heavy atom. The molecule has 12 heteroatoms. The number of aryl methyl sites for hydroxylation is 1. The minimum Gasteiger partial charge on any atom is -0.310 e. The largest absolute Gasteiger partial charge is 0.310 e. The van der Waals surface area contributed by atoms with Crippen LogP contribution in [0.15, 0.2) is 53.4 Å². The molecule has 5 rings (SSSR count). The van der Waals surface area contributed by atoms with Gasteiger partial charge in [0.05, 0.1) is 20.3 Å². The van der Waals surface area contributed by atoms with E-state index < -0.39 is 15.8 Å². The highest BCUT2D eigenvalue weighted by atomic mass is 35.5. The quantitative estimate of drug-likeness (QED) is 0.403. The van der Waals surface area contributed by atoms with Crippen molar-refractivity contribution in [3.05, 3.63) is 65.1 Å². The smallest absolute Gasteiger partial charge is 0.243 e. The highest BCUT2D eigenvalue weighted by Crippen LogP contribution is 2.32. The number of sulfonamides is 1. The van der Waals surface area contributed by atoms with Crippen molar-refractivity contribution in [3.63, 3.8) is 0 Å². The van der Waals surface area contributed by atoms with Gasteiger partial charge in [-0.1, -0.05) is 29.0 Å². The van der Waals surface area contributed by atoms with Crippen LogP contribution in [0.25, 0.3) is 15.3 Å². The van der Waals surface area contributed by atoms with Crippen LogP contribution in [0.4, 0.5) is 10.2 Å². The number of nitrogens with one attached hydrogen (secondary N) is 1. The molecule has 1 aliphatic heterocycles. The summed E-state index contributed by atoms with van der Waals surface area (Å²) >= 11 is 7.67. The molecule has 0 saturated carbocycles. The number of hydrogen-bond donors (Lipinski definition) is 1. The van der Waals surface area contributed by atoms with Gasteiger partial charge >= 0.3 is 0 Å². The average Bonchev–Trinajstić information content (AvgIpc) is 3.43. The number of piperidine rings is 1. The minimum atomic E-state index is -3.74. The second-order valence-corrected chi connectivity index (χ2v) is 11.6. The molecule has 1 fully saturated rings. The number of hydrogen-bond acceptors (Lipinski definition) is 6. The molecule has 1 amide bonds. The lowest BCUT2D eigenvalue weighted by molar-refractivity contribution is -0.120. The van der Waals surface area contributed by atoms with Crippen molar-refractivity contribution < 1.29 is 17.6 Å². The van der Waals surface area contributed by atoms with Gasteiger partial charge in [0.15, 0.2) is 0 Å². The molecule has 1 N–H and O–H groups in total. The zero-order valence-electron chi connectivity index (χ0n) is 18.6. The molecule has 3 heterocycles. The summed E-state index contributed by atoms with van der Waals surface area (Å²) in [5.41, 5.74) is 1.39. The monoisotopic (exact) mass is 533 g/mol. The van der Waals surface area contributed by atoms with Crippen LogP contribution in [0.3, 0.4) is 0 Å². The van der Waals surface area contributed by atoms with E-state index in [1.807, 2.05) is 19.1 Å². The number of amides is 1. The van der Waals surface area contributed by atoms with Crippen LogP contribution in [0.5, 0.6) is 0 Å². The molecule has 0 atom stereocenters. The van der Waals surface area contributed by atoms with Gasteiger partial charge in [-0.05, 0) is 56.2 Å². The van der Waals surface area contributed by atoms with Crippen molar-refractivity contribution >= 4 is 54.9 Å². The van der Waals surface area contributed by atoms with Crippen LogP contribution >= 0.6 is 22.9 Å². The summed E-state index contributed by atoms with van der Waals surface area (Å²) in [6.07, 6.45) is 0.742. The fourth-order valence-electron chi connectivity index (χ4n) is 4.07. The van der Waals surface area contributed by atoms with Crippen molar-refractivity contribution in [3.8, 4) is 5.13 Å². The molecule has 4 aromatic rings. The predicted molar refractivity (Wildman–Crippen MR) is 133 cm³/mol. The second-order valence-electron chi connectivity index (χ2n) is 8.29. The van der Waals surface area contributed by atoms with Crippen LogP contribution in [0, 0.1) is 18.7 Å². The highest BCUT2D eigenvalue weighted by molar-refractivity contribution is 7.89. The number of anilines is 1. The summed E-state index contributed by atoms with van der Waals surface area (Å²) in [6, 6.07) is 12.1. The lowest BCUT2D eigenvalue weighted by atomic mass is 9.97. The maximum atomic E-state index is 13.2. The van der Waals surface area contributed by atoms with Crippen LogP contribution in [-0.4, -0.2) is 46.5 Å². The van der Waals surface area contributed by atoms with Gasteiger partial charge in [0, 0.05) is 25.1 Å². The first-order valence-electron chi connectivity index (χ1n) is 10.9. The van der Waals surface area contributed by atoms with Crippen LogP contribution in [-0.2, 0) is 14.8 Å². The molecule has 0 unspecified atom stereocenters. The first-order chi connectivity index (χ1) is 16.7. The van der Waals surface area contributed by atoms with E-state index in [9.17, 15) is 17.6 Å². The van der Waals surface area contributed by atoms with E-state index in [4.69, 9.17) is 11.6 Å². The number of thiazole rings is 1. The van der Waals surface area contributed by atoms with Crippen LogP contribution in [0.2, 0.25) is 5.02 Å². The molecule has 8 nitrogen and oxygen atoms in total.